The predicted molar refractivity (Wildman–Crippen MR) is 98.3 cm³/mol. The SMILES string of the molecule is CC(C)c1ncc(C(=O)NC2CCCN(Cc3ccc(F)cc3)C2)cn1. The molecule has 1 unspecified atom stereocenters. The molecule has 1 aromatic heterocycles. The molecule has 1 aliphatic heterocycles. The van der Waals surface area contributed by atoms with Crippen LogP contribution < -0.4 is 5.32 Å². The second-order valence-corrected chi connectivity index (χ2v) is 7.16. The molecule has 1 fully saturated rings. The summed E-state index contributed by atoms with van der Waals surface area (Å²) in [6, 6.07) is 6.69. The van der Waals surface area contributed by atoms with Crippen LogP contribution in [-0.4, -0.2) is 39.9 Å². The van der Waals surface area contributed by atoms with Crippen molar-refractivity contribution in [3.63, 3.8) is 0 Å². The van der Waals surface area contributed by atoms with Gasteiger partial charge >= 0.3 is 0 Å². The van der Waals surface area contributed by atoms with Crippen LogP contribution in [0.15, 0.2) is 36.7 Å². The minimum Gasteiger partial charge on any atom is -0.348 e. The molecule has 5 nitrogen and oxygen atoms in total. The van der Waals surface area contributed by atoms with Gasteiger partial charge in [-0.1, -0.05) is 26.0 Å². The maximum absolute atomic E-state index is 13.0. The third-order valence-corrected chi connectivity index (χ3v) is 4.61. The van der Waals surface area contributed by atoms with Crippen LogP contribution in [-0.2, 0) is 6.54 Å². The van der Waals surface area contributed by atoms with E-state index in [1.54, 1.807) is 12.4 Å². The highest BCUT2D eigenvalue weighted by atomic mass is 19.1. The van der Waals surface area contributed by atoms with Crippen molar-refractivity contribution < 1.29 is 9.18 Å². The zero-order valence-electron chi connectivity index (χ0n) is 15.3. The van der Waals surface area contributed by atoms with Gasteiger partial charge in [0.25, 0.3) is 5.91 Å². The summed E-state index contributed by atoms with van der Waals surface area (Å²) in [7, 11) is 0. The van der Waals surface area contributed by atoms with E-state index in [9.17, 15) is 9.18 Å². The van der Waals surface area contributed by atoms with Gasteiger partial charge in [-0.3, -0.25) is 9.69 Å². The fourth-order valence-corrected chi connectivity index (χ4v) is 3.19. The first-order valence-electron chi connectivity index (χ1n) is 9.11. The lowest BCUT2D eigenvalue weighted by atomic mass is 10.0. The lowest BCUT2D eigenvalue weighted by Crippen LogP contribution is -2.47. The first kappa shape index (κ1) is 18.5. The number of likely N-dealkylation sites (tertiary alicyclic amines) is 1. The zero-order valence-corrected chi connectivity index (χ0v) is 15.3. The van der Waals surface area contributed by atoms with Gasteiger partial charge in [0.05, 0.1) is 5.56 Å². The first-order valence-corrected chi connectivity index (χ1v) is 9.11. The van der Waals surface area contributed by atoms with Crippen molar-refractivity contribution in [1.82, 2.24) is 20.2 Å². The molecule has 2 aromatic rings. The molecule has 1 amide bonds. The summed E-state index contributed by atoms with van der Waals surface area (Å²) in [6.07, 6.45) is 5.17. The highest BCUT2D eigenvalue weighted by Gasteiger charge is 2.22. The molecule has 1 aromatic carbocycles. The molecular weight excluding hydrogens is 331 g/mol. The fraction of sp³-hybridized carbons (Fsp3) is 0.450. The van der Waals surface area contributed by atoms with Gasteiger partial charge in [0, 0.05) is 37.4 Å². The highest BCUT2D eigenvalue weighted by molar-refractivity contribution is 5.93. The van der Waals surface area contributed by atoms with Crippen LogP contribution in [0.3, 0.4) is 0 Å². The van der Waals surface area contributed by atoms with E-state index >= 15 is 0 Å². The van der Waals surface area contributed by atoms with E-state index in [1.807, 2.05) is 26.0 Å². The van der Waals surface area contributed by atoms with Gasteiger partial charge < -0.3 is 5.32 Å². The lowest BCUT2D eigenvalue weighted by molar-refractivity contribution is 0.0900. The second-order valence-electron chi connectivity index (χ2n) is 7.16. The third-order valence-electron chi connectivity index (χ3n) is 4.61. The van der Waals surface area contributed by atoms with Crippen molar-refractivity contribution in [3.8, 4) is 0 Å². The molecule has 1 saturated heterocycles. The van der Waals surface area contributed by atoms with Crippen molar-refractivity contribution in [2.45, 2.75) is 45.2 Å². The maximum atomic E-state index is 13.0. The van der Waals surface area contributed by atoms with Gasteiger partial charge in [0.2, 0.25) is 0 Å². The Morgan fingerprint density at radius 3 is 2.62 bits per heavy atom. The van der Waals surface area contributed by atoms with Gasteiger partial charge in [-0.25, -0.2) is 14.4 Å². The molecule has 1 atom stereocenters. The minimum absolute atomic E-state index is 0.0986. The molecule has 0 aliphatic carbocycles. The topological polar surface area (TPSA) is 58.1 Å². The fourth-order valence-electron chi connectivity index (χ4n) is 3.19. The molecule has 3 rings (SSSR count). The summed E-state index contributed by atoms with van der Waals surface area (Å²) in [6.45, 7) is 6.57. The molecule has 1 aliphatic rings. The molecule has 26 heavy (non-hydrogen) atoms. The van der Waals surface area contributed by atoms with E-state index < -0.39 is 0 Å². The smallest absolute Gasteiger partial charge is 0.254 e. The van der Waals surface area contributed by atoms with E-state index in [2.05, 4.69) is 20.2 Å². The summed E-state index contributed by atoms with van der Waals surface area (Å²) < 4.78 is 13.0. The normalized spacial score (nSPS) is 18.1. The number of hydrogen-bond donors (Lipinski definition) is 1. The second kappa shape index (κ2) is 8.36. The molecule has 0 radical (unpaired) electrons. The number of piperidine rings is 1. The molecule has 1 N–H and O–H groups in total. The number of hydrogen-bond acceptors (Lipinski definition) is 4. The lowest BCUT2D eigenvalue weighted by Gasteiger charge is -2.33. The Bertz CT molecular complexity index is 730. The van der Waals surface area contributed by atoms with Crippen molar-refractivity contribution in [2.24, 2.45) is 0 Å². The van der Waals surface area contributed by atoms with Crippen LogP contribution in [0.1, 0.15) is 54.4 Å². The van der Waals surface area contributed by atoms with Gasteiger partial charge in [-0.05, 0) is 37.1 Å². The summed E-state index contributed by atoms with van der Waals surface area (Å²) in [5.41, 5.74) is 1.57. The summed E-state index contributed by atoms with van der Waals surface area (Å²) >= 11 is 0. The summed E-state index contributed by atoms with van der Waals surface area (Å²) in [5.74, 6) is 0.632. The first-order chi connectivity index (χ1) is 12.5. The van der Waals surface area contributed by atoms with E-state index in [-0.39, 0.29) is 23.7 Å². The number of nitrogens with one attached hydrogen (secondary N) is 1. The van der Waals surface area contributed by atoms with Gasteiger partial charge in [0.15, 0.2) is 0 Å². The average molecular weight is 356 g/mol. The Kier molecular flexibility index (Phi) is 5.93. The molecule has 0 bridgehead atoms. The van der Waals surface area contributed by atoms with E-state index in [4.69, 9.17) is 0 Å². The maximum Gasteiger partial charge on any atom is 0.254 e. The number of rotatable bonds is 5. The van der Waals surface area contributed by atoms with Gasteiger partial charge in [-0.2, -0.15) is 0 Å². The Morgan fingerprint density at radius 2 is 1.96 bits per heavy atom. The molecule has 2 heterocycles. The molecule has 6 heteroatoms. The monoisotopic (exact) mass is 356 g/mol. The van der Waals surface area contributed by atoms with Crippen molar-refractivity contribution in [3.05, 3.63) is 59.4 Å². The number of benzene rings is 1. The largest absolute Gasteiger partial charge is 0.348 e. The number of amides is 1. The summed E-state index contributed by atoms with van der Waals surface area (Å²) in [5, 5.41) is 3.09. The van der Waals surface area contributed by atoms with Crippen LogP contribution in [0.4, 0.5) is 4.39 Å². The molecule has 138 valence electrons. The van der Waals surface area contributed by atoms with Crippen LogP contribution in [0.2, 0.25) is 0 Å². The van der Waals surface area contributed by atoms with E-state index in [1.165, 1.54) is 12.1 Å². The predicted octanol–water partition coefficient (Wildman–Crippen LogP) is 3.13. The third kappa shape index (κ3) is 4.85. The quantitative estimate of drug-likeness (QED) is 0.894. The van der Waals surface area contributed by atoms with Crippen molar-refractivity contribution in [2.75, 3.05) is 13.1 Å². The van der Waals surface area contributed by atoms with E-state index in [0.717, 1.165) is 43.9 Å². The summed E-state index contributed by atoms with van der Waals surface area (Å²) in [4.78, 5) is 23.3. The number of carbonyl (C=O) groups excluding carboxylic acids is 1. The van der Waals surface area contributed by atoms with Gasteiger partial charge in [0.1, 0.15) is 11.6 Å². The number of carbonyl (C=O) groups is 1. The highest BCUT2D eigenvalue weighted by Crippen LogP contribution is 2.15. The standard InChI is InChI=1S/C20H25FN4O/c1-14(2)19-22-10-16(11-23-19)20(26)24-18-4-3-9-25(13-18)12-15-5-7-17(21)8-6-15/h5-8,10-11,14,18H,3-4,9,12-13H2,1-2H3,(H,24,26). The van der Waals surface area contributed by atoms with Crippen molar-refractivity contribution >= 4 is 5.91 Å². The number of aromatic nitrogens is 2. The van der Waals surface area contributed by atoms with Crippen LogP contribution >= 0.6 is 0 Å². The minimum atomic E-state index is -0.219. The molecular formula is C20H25FN4O. The van der Waals surface area contributed by atoms with Crippen LogP contribution in [0, 0.1) is 5.82 Å². The van der Waals surface area contributed by atoms with Crippen molar-refractivity contribution in [1.29, 1.82) is 0 Å². The van der Waals surface area contributed by atoms with Crippen LogP contribution in [0.5, 0.6) is 0 Å². The Labute approximate surface area is 153 Å². The Hall–Kier alpha value is -2.34. The average Bonchev–Trinajstić information content (AvgIpc) is 2.64. The number of halogens is 1. The van der Waals surface area contributed by atoms with Gasteiger partial charge in [-0.15, -0.1) is 0 Å². The van der Waals surface area contributed by atoms with E-state index in [0.29, 0.717) is 5.56 Å². The van der Waals surface area contributed by atoms with Crippen LogP contribution in [0.25, 0.3) is 0 Å². The molecule has 0 spiro atoms. The Balaban J connectivity index is 1.55. The zero-order chi connectivity index (χ0) is 18.5. The number of nitrogens with zero attached hydrogens (tertiary/aromatic N) is 3. The molecule has 0 saturated carbocycles. The Morgan fingerprint density at radius 1 is 1.27 bits per heavy atom.